The lowest BCUT2D eigenvalue weighted by atomic mass is 9.93. The highest BCUT2D eigenvalue weighted by Gasteiger charge is 2.29. The van der Waals surface area contributed by atoms with Crippen molar-refractivity contribution >= 4 is 18.0 Å². The van der Waals surface area contributed by atoms with Crippen LogP contribution in [0.25, 0.3) is 0 Å². The molecule has 2 heterocycles. The predicted octanol–water partition coefficient (Wildman–Crippen LogP) is 3.40. The van der Waals surface area contributed by atoms with Crippen LogP contribution < -0.4 is 0 Å². The van der Waals surface area contributed by atoms with Gasteiger partial charge in [0.25, 0.3) is 0 Å². The highest BCUT2D eigenvalue weighted by atomic mass is 16.6. The number of hydrogen-bond donors (Lipinski definition) is 0. The van der Waals surface area contributed by atoms with Gasteiger partial charge >= 0.3 is 12.1 Å². The number of nitrogens with zero attached hydrogens (tertiary/aromatic N) is 3. The average Bonchev–Trinajstić information content (AvgIpc) is 2.71. The molecule has 0 unspecified atom stereocenters. The summed E-state index contributed by atoms with van der Waals surface area (Å²) >= 11 is 0. The van der Waals surface area contributed by atoms with Crippen LogP contribution >= 0.6 is 0 Å². The van der Waals surface area contributed by atoms with Crippen molar-refractivity contribution in [3.63, 3.8) is 0 Å². The molecule has 0 N–H and O–H groups in total. The molecule has 1 saturated heterocycles. The highest BCUT2D eigenvalue weighted by Crippen LogP contribution is 2.23. The summed E-state index contributed by atoms with van der Waals surface area (Å²) in [6.45, 7) is 9.52. The molecule has 0 radical (unpaired) electrons. The molecule has 8 heteroatoms. The third kappa shape index (κ3) is 8.94. The second-order valence-electron chi connectivity index (χ2n) is 8.85. The van der Waals surface area contributed by atoms with E-state index < -0.39 is 5.60 Å². The molecule has 1 aliphatic rings. The maximum absolute atomic E-state index is 13.0. The number of ether oxygens (including phenoxy) is 2. The molecule has 172 valence electrons. The summed E-state index contributed by atoms with van der Waals surface area (Å²) in [4.78, 5) is 44.6. The molecular formula is C23H35N3O5. The molecule has 1 aromatic heterocycles. The zero-order chi connectivity index (χ0) is 22.9. The summed E-state index contributed by atoms with van der Waals surface area (Å²) in [5.74, 6) is -0.105. The number of hydrogen-bond acceptors (Lipinski definition) is 6. The molecule has 2 amide bonds. The van der Waals surface area contributed by atoms with Gasteiger partial charge in [-0.05, 0) is 58.1 Å². The van der Waals surface area contributed by atoms with Crippen molar-refractivity contribution in [2.75, 3.05) is 26.2 Å². The van der Waals surface area contributed by atoms with Crippen molar-refractivity contribution in [2.45, 2.75) is 65.5 Å². The Kier molecular flexibility index (Phi) is 9.27. The van der Waals surface area contributed by atoms with E-state index in [0.717, 1.165) is 18.4 Å². The number of rotatable bonds is 8. The van der Waals surface area contributed by atoms with Crippen LogP contribution in [0.1, 0.15) is 58.9 Å². The van der Waals surface area contributed by atoms with E-state index in [1.807, 2.05) is 32.9 Å². The van der Waals surface area contributed by atoms with Crippen molar-refractivity contribution < 1.29 is 23.9 Å². The molecule has 0 spiro atoms. The van der Waals surface area contributed by atoms with Crippen LogP contribution in [0.3, 0.4) is 0 Å². The minimum absolute atomic E-state index is 0.00358. The summed E-state index contributed by atoms with van der Waals surface area (Å²) in [5, 5.41) is 0. The fourth-order valence-electron chi connectivity index (χ4n) is 3.49. The van der Waals surface area contributed by atoms with Gasteiger partial charge in [0.1, 0.15) is 5.60 Å². The monoisotopic (exact) mass is 433 g/mol. The standard InChI is InChI=1S/C23H35N3O5/c1-5-30-21(28)10-14-26(17-19-7-6-11-24-16-19)20(27)15-18-8-12-25(13-9-18)22(29)31-23(2,3)4/h6-7,11,16,18H,5,8-10,12-15,17H2,1-4H3. The fraction of sp³-hybridized carbons (Fsp3) is 0.652. The van der Waals surface area contributed by atoms with E-state index in [1.165, 1.54) is 0 Å². The van der Waals surface area contributed by atoms with Crippen LogP contribution in [0.5, 0.6) is 0 Å². The zero-order valence-electron chi connectivity index (χ0n) is 19.1. The van der Waals surface area contributed by atoms with E-state index in [0.29, 0.717) is 39.2 Å². The maximum Gasteiger partial charge on any atom is 0.410 e. The van der Waals surface area contributed by atoms with Crippen LogP contribution in [-0.4, -0.2) is 64.6 Å². The van der Waals surface area contributed by atoms with Crippen LogP contribution in [0.2, 0.25) is 0 Å². The van der Waals surface area contributed by atoms with Gasteiger partial charge in [-0.1, -0.05) is 6.07 Å². The highest BCUT2D eigenvalue weighted by molar-refractivity contribution is 5.77. The van der Waals surface area contributed by atoms with Crippen molar-refractivity contribution in [1.29, 1.82) is 0 Å². The SMILES string of the molecule is CCOC(=O)CCN(Cc1cccnc1)C(=O)CC1CCN(C(=O)OC(C)(C)C)CC1. The zero-order valence-corrected chi connectivity index (χ0v) is 19.1. The molecule has 0 saturated carbocycles. The van der Waals surface area contributed by atoms with Gasteiger partial charge in [0.15, 0.2) is 0 Å². The summed E-state index contributed by atoms with van der Waals surface area (Å²) in [6.07, 6.45) is 5.18. The van der Waals surface area contributed by atoms with E-state index in [4.69, 9.17) is 9.47 Å². The van der Waals surface area contributed by atoms with Crippen molar-refractivity contribution in [3.8, 4) is 0 Å². The fourth-order valence-corrected chi connectivity index (χ4v) is 3.49. The molecule has 31 heavy (non-hydrogen) atoms. The summed E-state index contributed by atoms with van der Waals surface area (Å²) in [6, 6.07) is 3.74. The molecule has 0 bridgehead atoms. The van der Waals surface area contributed by atoms with Crippen LogP contribution in [0.4, 0.5) is 4.79 Å². The minimum Gasteiger partial charge on any atom is -0.466 e. The predicted molar refractivity (Wildman–Crippen MR) is 116 cm³/mol. The Hall–Kier alpha value is -2.64. The van der Waals surface area contributed by atoms with Gasteiger partial charge in [-0.3, -0.25) is 14.6 Å². The molecule has 1 aliphatic heterocycles. The molecule has 0 aromatic carbocycles. The molecule has 8 nitrogen and oxygen atoms in total. The lowest BCUT2D eigenvalue weighted by Crippen LogP contribution is -2.42. The molecule has 1 aromatic rings. The summed E-state index contributed by atoms with van der Waals surface area (Å²) in [7, 11) is 0. The Morgan fingerprint density at radius 2 is 1.94 bits per heavy atom. The summed E-state index contributed by atoms with van der Waals surface area (Å²) < 4.78 is 10.4. The van der Waals surface area contributed by atoms with Gasteiger partial charge in [0, 0.05) is 45.0 Å². The quantitative estimate of drug-likeness (QED) is 0.584. The average molecular weight is 434 g/mol. The van der Waals surface area contributed by atoms with Crippen LogP contribution in [-0.2, 0) is 25.6 Å². The van der Waals surface area contributed by atoms with Crippen LogP contribution in [0.15, 0.2) is 24.5 Å². The first kappa shape index (κ1) is 24.6. The van der Waals surface area contributed by atoms with Crippen molar-refractivity contribution in [1.82, 2.24) is 14.8 Å². The first-order valence-corrected chi connectivity index (χ1v) is 11.0. The summed E-state index contributed by atoms with van der Waals surface area (Å²) in [5.41, 5.74) is 0.398. The third-order valence-corrected chi connectivity index (χ3v) is 5.07. The maximum atomic E-state index is 13.0. The topological polar surface area (TPSA) is 89.0 Å². The number of piperidine rings is 1. The second kappa shape index (κ2) is 11.7. The Bertz CT molecular complexity index is 724. The lowest BCUT2D eigenvalue weighted by Gasteiger charge is -2.34. The number of esters is 1. The number of pyridine rings is 1. The molecule has 0 atom stereocenters. The molecular weight excluding hydrogens is 398 g/mol. The second-order valence-corrected chi connectivity index (χ2v) is 8.85. The number of carbonyl (C=O) groups excluding carboxylic acids is 3. The van der Waals surface area contributed by atoms with E-state index in [2.05, 4.69) is 4.98 Å². The minimum atomic E-state index is -0.518. The van der Waals surface area contributed by atoms with Crippen LogP contribution in [0, 0.1) is 5.92 Å². The molecule has 0 aliphatic carbocycles. The van der Waals surface area contributed by atoms with Gasteiger partial charge in [0.2, 0.25) is 5.91 Å². The van der Waals surface area contributed by atoms with Crippen molar-refractivity contribution in [2.24, 2.45) is 5.92 Å². The van der Waals surface area contributed by atoms with E-state index in [1.54, 1.807) is 29.1 Å². The molecule has 2 rings (SSSR count). The van der Waals surface area contributed by atoms with Gasteiger partial charge < -0.3 is 19.3 Å². The Labute approximate surface area is 184 Å². The van der Waals surface area contributed by atoms with Gasteiger partial charge in [-0.2, -0.15) is 0 Å². The smallest absolute Gasteiger partial charge is 0.410 e. The number of amides is 2. The first-order valence-electron chi connectivity index (χ1n) is 11.0. The Morgan fingerprint density at radius 3 is 2.52 bits per heavy atom. The van der Waals surface area contributed by atoms with Crippen molar-refractivity contribution in [3.05, 3.63) is 30.1 Å². The number of likely N-dealkylation sites (tertiary alicyclic amines) is 1. The number of aromatic nitrogens is 1. The largest absolute Gasteiger partial charge is 0.466 e. The van der Waals surface area contributed by atoms with E-state index in [9.17, 15) is 14.4 Å². The molecule has 1 fully saturated rings. The Balaban J connectivity index is 1.90. The van der Waals surface area contributed by atoms with Gasteiger partial charge in [-0.15, -0.1) is 0 Å². The van der Waals surface area contributed by atoms with Gasteiger partial charge in [-0.25, -0.2) is 4.79 Å². The Morgan fingerprint density at radius 1 is 1.23 bits per heavy atom. The third-order valence-electron chi connectivity index (χ3n) is 5.07. The first-order chi connectivity index (χ1) is 14.7. The van der Waals surface area contributed by atoms with Gasteiger partial charge in [0.05, 0.1) is 13.0 Å². The lowest BCUT2D eigenvalue weighted by molar-refractivity contribution is -0.144. The number of carbonyl (C=O) groups is 3. The van der Waals surface area contributed by atoms with E-state index in [-0.39, 0.29) is 30.3 Å². The normalized spacial score (nSPS) is 14.8. The van der Waals surface area contributed by atoms with E-state index >= 15 is 0 Å².